The Bertz CT molecular complexity index is 281. The van der Waals surface area contributed by atoms with Crippen LogP contribution >= 0.6 is 0 Å². The van der Waals surface area contributed by atoms with Crippen LogP contribution in [0.5, 0.6) is 0 Å². The average molecular weight is 233 g/mol. The minimum Gasteiger partial charge on any atom is -0.379 e. The lowest BCUT2D eigenvalue weighted by molar-refractivity contribution is -0.107. The van der Waals surface area contributed by atoms with Gasteiger partial charge in [0.1, 0.15) is 0 Å². The van der Waals surface area contributed by atoms with Crippen molar-refractivity contribution in [2.75, 3.05) is 32.1 Å². The number of ether oxygens (including phenoxy) is 1. The van der Waals surface area contributed by atoms with Crippen LogP contribution in [0.1, 0.15) is 0 Å². The lowest BCUT2D eigenvalue weighted by atomic mass is 10.5. The molecule has 8 heteroatoms. The highest BCUT2D eigenvalue weighted by molar-refractivity contribution is 7.89. The van der Waals surface area contributed by atoms with Crippen LogP contribution in [-0.4, -0.2) is 51.0 Å². The summed E-state index contributed by atoms with van der Waals surface area (Å²) in [7, 11) is -4.21. The molecule has 0 N–H and O–H groups in total. The van der Waals surface area contributed by atoms with Gasteiger partial charge in [0.15, 0.2) is 5.75 Å². The number of alkyl halides is 3. The molecule has 1 fully saturated rings. The summed E-state index contributed by atoms with van der Waals surface area (Å²) in [6.07, 6.45) is -4.68. The normalized spacial score (nSPS) is 21.1. The van der Waals surface area contributed by atoms with Gasteiger partial charge in [-0.3, -0.25) is 0 Å². The molecule has 0 spiro atoms. The molecule has 0 bridgehead atoms. The van der Waals surface area contributed by atoms with Gasteiger partial charge >= 0.3 is 6.18 Å². The van der Waals surface area contributed by atoms with E-state index in [9.17, 15) is 21.6 Å². The Labute approximate surface area is 79.7 Å². The van der Waals surface area contributed by atoms with E-state index in [0.717, 1.165) is 4.31 Å². The summed E-state index contributed by atoms with van der Waals surface area (Å²) < 4.78 is 63.6. The summed E-state index contributed by atoms with van der Waals surface area (Å²) >= 11 is 0. The molecule has 0 amide bonds. The predicted molar refractivity (Wildman–Crippen MR) is 42.2 cm³/mol. The summed E-state index contributed by atoms with van der Waals surface area (Å²) in [6, 6.07) is 0. The molecule has 1 aliphatic heterocycles. The number of halogens is 3. The number of morpholine rings is 1. The first-order valence-electron chi connectivity index (χ1n) is 3.93. The third-order valence-corrected chi connectivity index (χ3v) is 3.55. The van der Waals surface area contributed by atoms with E-state index in [1.165, 1.54) is 0 Å². The molecule has 1 rings (SSSR count). The lowest BCUT2D eigenvalue weighted by Crippen LogP contribution is -2.44. The monoisotopic (exact) mass is 233 g/mol. The zero-order valence-electron chi connectivity index (χ0n) is 7.25. The van der Waals surface area contributed by atoms with Gasteiger partial charge in [-0.15, -0.1) is 0 Å². The molecule has 0 aromatic heterocycles. The van der Waals surface area contributed by atoms with Gasteiger partial charge in [-0.25, -0.2) is 8.42 Å². The van der Waals surface area contributed by atoms with Crippen molar-refractivity contribution in [3.63, 3.8) is 0 Å². The van der Waals surface area contributed by atoms with Crippen LogP contribution < -0.4 is 0 Å². The number of sulfonamides is 1. The van der Waals surface area contributed by atoms with Crippen LogP contribution in [0.3, 0.4) is 0 Å². The number of hydrogen-bond acceptors (Lipinski definition) is 3. The fourth-order valence-corrected chi connectivity index (χ4v) is 2.42. The molecule has 0 atom stereocenters. The molecule has 0 saturated carbocycles. The third kappa shape index (κ3) is 3.43. The summed E-state index contributed by atoms with van der Waals surface area (Å²) in [5, 5.41) is 0. The maximum atomic E-state index is 11.9. The van der Waals surface area contributed by atoms with E-state index >= 15 is 0 Å². The van der Waals surface area contributed by atoms with Crippen molar-refractivity contribution in [3.8, 4) is 0 Å². The van der Waals surface area contributed by atoms with Gasteiger partial charge < -0.3 is 4.74 Å². The van der Waals surface area contributed by atoms with E-state index < -0.39 is 22.0 Å². The van der Waals surface area contributed by atoms with E-state index in [1.807, 2.05) is 0 Å². The molecule has 4 nitrogen and oxygen atoms in total. The minimum absolute atomic E-state index is 0.00157. The first-order chi connectivity index (χ1) is 6.31. The van der Waals surface area contributed by atoms with E-state index in [-0.39, 0.29) is 26.3 Å². The molecule has 1 aliphatic rings. The zero-order chi connectivity index (χ0) is 10.8. The fourth-order valence-electron chi connectivity index (χ4n) is 1.12. The molecule has 1 heterocycles. The third-order valence-electron chi connectivity index (χ3n) is 1.71. The smallest absolute Gasteiger partial charge is 0.379 e. The molecule has 0 aliphatic carbocycles. The summed E-state index contributed by atoms with van der Waals surface area (Å²) in [5.41, 5.74) is 0. The molecular weight excluding hydrogens is 223 g/mol. The summed E-state index contributed by atoms with van der Waals surface area (Å²) in [5.74, 6) is -1.79. The Balaban J connectivity index is 2.64. The second-order valence-electron chi connectivity index (χ2n) is 2.88. The number of hydrogen-bond donors (Lipinski definition) is 0. The Kier molecular flexibility index (Phi) is 3.38. The van der Waals surface area contributed by atoms with Crippen LogP contribution in [0.25, 0.3) is 0 Å². The molecule has 14 heavy (non-hydrogen) atoms. The number of nitrogens with zero attached hydrogens (tertiary/aromatic N) is 1. The Morgan fingerprint density at radius 1 is 1.21 bits per heavy atom. The van der Waals surface area contributed by atoms with Gasteiger partial charge in [-0.2, -0.15) is 17.5 Å². The number of rotatable bonds is 2. The van der Waals surface area contributed by atoms with Crippen molar-refractivity contribution < 1.29 is 26.3 Å². The van der Waals surface area contributed by atoms with Crippen molar-refractivity contribution >= 4 is 10.0 Å². The Morgan fingerprint density at radius 3 is 2.14 bits per heavy atom. The molecule has 0 aromatic carbocycles. The maximum Gasteiger partial charge on any atom is 0.404 e. The second-order valence-corrected chi connectivity index (χ2v) is 4.85. The Hall–Kier alpha value is -0.340. The molecule has 0 unspecified atom stereocenters. The quantitative estimate of drug-likeness (QED) is 0.685. The van der Waals surface area contributed by atoms with Crippen LogP contribution in [0.4, 0.5) is 13.2 Å². The van der Waals surface area contributed by atoms with E-state index in [0.29, 0.717) is 0 Å². The highest BCUT2D eigenvalue weighted by Crippen LogP contribution is 2.19. The van der Waals surface area contributed by atoms with Crippen molar-refractivity contribution in [2.45, 2.75) is 6.18 Å². The largest absolute Gasteiger partial charge is 0.404 e. The second kappa shape index (κ2) is 4.03. The minimum atomic E-state index is -4.68. The van der Waals surface area contributed by atoms with Crippen molar-refractivity contribution in [2.24, 2.45) is 0 Å². The molecule has 0 aromatic rings. The van der Waals surface area contributed by atoms with Crippen LogP contribution in [0, 0.1) is 0 Å². The van der Waals surface area contributed by atoms with E-state index in [2.05, 4.69) is 0 Å². The molecule has 84 valence electrons. The topological polar surface area (TPSA) is 46.6 Å². The van der Waals surface area contributed by atoms with Crippen molar-refractivity contribution in [1.82, 2.24) is 4.31 Å². The Morgan fingerprint density at radius 2 is 1.71 bits per heavy atom. The first kappa shape index (κ1) is 11.7. The summed E-state index contributed by atoms with van der Waals surface area (Å²) in [4.78, 5) is 0. The fraction of sp³-hybridized carbons (Fsp3) is 1.00. The zero-order valence-corrected chi connectivity index (χ0v) is 8.07. The van der Waals surface area contributed by atoms with Crippen LogP contribution in [-0.2, 0) is 14.8 Å². The average Bonchev–Trinajstić information content (AvgIpc) is 2.01. The predicted octanol–water partition coefficient (Wildman–Crippen LogP) is 0.211. The van der Waals surface area contributed by atoms with Crippen molar-refractivity contribution in [1.29, 1.82) is 0 Å². The van der Waals surface area contributed by atoms with Gasteiger partial charge in [0, 0.05) is 13.1 Å². The molecular formula is C6H10F3NO3S. The van der Waals surface area contributed by atoms with Gasteiger partial charge in [-0.05, 0) is 0 Å². The molecule has 1 saturated heterocycles. The van der Waals surface area contributed by atoms with Gasteiger partial charge in [0.2, 0.25) is 10.0 Å². The first-order valence-corrected chi connectivity index (χ1v) is 5.54. The van der Waals surface area contributed by atoms with E-state index in [4.69, 9.17) is 4.74 Å². The van der Waals surface area contributed by atoms with E-state index in [1.54, 1.807) is 0 Å². The highest BCUT2D eigenvalue weighted by Gasteiger charge is 2.38. The maximum absolute atomic E-state index is 11.9. The van der Waals surface area contributed by atoms with Crippen LogP contribution in [0.2, 0.25) is 0 Å². The summed E-state index contributed by atoms with van der Waals surface area (Å²) in [6.45, 7) is 0.297. The van der Waals surface area contributed by atoms with Gasteiger partial charge in [0.25, 0.3) is 0 Å². The standard InChI is InChI=1S/C6H10F3NO3S/c7-6(8,9)5-14(11,12)10-1-3-13-4-2-10/h1-5H2. The van der Waals surface area contributed by atoms with Crippen LogP contribution in [0.15, 0.2) is 0 Å². The highest BCUT2D eigenvalue weighted by atomic mass is 32.2. The van der Waals surface area contributed by atoms with Crippen molar-refractivity contribution in [3.05, 3.63) is 0 Å². The lowest BCUT2D eigenvalue weighted by Gasteiger charge is -2.26. The van der Waals surface area contributed by atoms with Gasteiger partial charge in [-0.1, -0.05) is 0 Å². The molecule has 0 radical (unpaired) electrons. The SMILES string of the molecule is O=S(=O)(CC(F)(F)F)N1CCOCC1. The van der Waals surface area contributed by atoms with Gasteiger partial charge in [0.05, 0.1) is 13.2 Å².